The van der Waals surface area contributed by atoms with Crippen molar-refractivity contribution in [2.45, 2.75) is 75.8 Å². The van der Waals surface area contributed by atoms with Crippen molar-refractivity contribution in [3.63, 3.8) is 0 Å². The number of ketones is 2. The molecule has 0 heterocycles. The topological polar surface area (TPSA) is 495 Å². The molecule has 3 rings (SSSR count). The third-order valence-electron chi connectivity index (χ3n) is 10.5. The molecule has 24 N–H and O–H groups in total. The lowest BCUT2D eigenvalue weighted by molar-refractivity contribution is -0.133. The Labute approximate surface area is 401 Å². The van der Waals surface area contributed by atoms with Gasteiger partial charge in [-0.3, -0.25) is 48.3 Å². The van der Waals surface area contributed by atoms with Gasteiger partial charge >= 0.3 is 0 Å². The predicted molar refractivity (Wildman–Crippen MR) is 255 cm³/mol. The first kappa shape index (κ1) is 56.5. The number of phenols is 2. The van der Waals surface area contributed by atoms with E-state index in [1.165, 1.54) is 26.0 Å². The van der Waals surface area contributed by atoms with Crippen LogP contribution >= 0.6 is 0 Å². The van der Waals surface area contributed by atoms with Gasteiger partial charge in [0.1, 0.15) is 35.7 Å². The van der Waals surface area contributed by atoms with Crippen molar-refractivity contribution < 1.29 is 58.8 Å². The minimum atomic E-state index is -1.42. The van der Waals surface area contributed by atoms with Crippen molar-refractivity contribution in [2.75, 3.05) is 63.1 Å². The lowest BCUT2D eigenvalue weighted by Crippen LogP contribution is -2.56. The van der Waals surface area contributed by atoms with E-state index in [1.54, 1.807) is 0 Å². The Morgan fingerprint density at radius 3 is 1.21 bits per heavy atom. The number of anilines is 2. The first-order valence-electron chi connectivity index (χ1n) is 22.0. The van der Waals surface area contributed by atoms with Gasteiger partial charge in [0, 0.05) is 50.6 Å². The van der Waals surface area contributed by atoms with Gasteiger partial charge in [0.15, 0.2) is 11.9 Å². The SMILES string of the molecule is C[C@H](NC(=O)[C@H](CO)NC(=O)[C@@H](N)CCCN=C(N)N)C(=O)NCCNc1ccc(NCCNC(=O)[C@H](C)NC(=O)[C@H](CO)NC(=O)[C@@H](N)CCCN=C(N)N)c2c1C(=O)c1c(O)ccc(O)c1C2=O. The summed E-state index contributed by atoms with van der Waals surface area (Å²) in [6.45, 7) is 1.34. The number of phenolic OH excluding ortho intramolecular Hbond substituents is 2. The number of nitrogens with one attached hydrogen (secondary N) is 8. The van der Waals surface area contributed by atoms with Gasteiger partial charge in [-0.15, -0.1) is 0 Å². The van der Waals surface area contributed by atoms with Crippen LogP contribution in [0.4, 0.5) is 11.4 Å². The van der Waals surface area contributed by atoms with Crippen molar-refractivity contribution in [3.8, 4) is 11.5 Å². The fourth-order valence-corrected chi connectivity index (χ4v) is 6.74. The molecular weight excluding hydrogens is 921 g/mol. The van der Waals surface area contributed by atoms with Crippen LogP contribution in [0.15, 0.2) is 34.3 Å². The van der Waals surface area contributed by atoms with Crippen LogP contribution in [0.2, 0.25) is 0 Å². The van der Waals surface area contributed by atoms with Crippen LogP contribution in [0.1, 0.15) is 71.4 Å². The van der Waals surface area contributed by atoms with Crippen LogP contribution < -0.4 is 76.9 Å². The Morgan fingerprint density at radius 2 is 0.886 bits per heavy atom. The number of nitrogens with zero attached hydrogens (tertiary/aromatic N) is 2. The Kier molecular flexibility index (Phi) is 22.0. The maximum Gasteiger partial charge on any atom is 0.245 e. The third kappa shape index (κ3) is 16.2. The van der Waals surface area contributed by atoms with Crippen molar-refractivity contribution in [1.82, 2.24) is 31.9 Å². The van der Waals surface area contributed by atoms with Crippen molar-refractivity contribution in [2.24, 2.45) is 44.4 Å². The second-order valence-corrected chi connectivity index (χ2v) is 15.9. The second-order valence-electron chi connectivity index (χ2n) is 15.9. The number of aliphatic hydroxyl groups is 2. The number of amides is 6. The van der Waals surface area contributed by atoms with Crippen molar-refractivity contribution in [1.29, 1.82) is 0 Å². The van der Waals surface area contributed by atoms with Crippen molar-refractivity contribution >= 4 is 70.3 Å². The average molecular weight is 985 g/mol. The number of nitrogens with two attached hydrogens (primary N) is 6. The molecule has 2 aromatic rings. The van der Waals surface area contributed by atoms with E-state index in [9.17, 15) is 58.8 Å². The van der Waals surface area contributed by atoms with Gasteiger partial charge in [0.25, 0.3) is 0 Å². The number of rotatable bonds is 28. The number of aliphatic hydroxyl groups excluding tert-OH is 2. The summed E-state index contributed by atoms with van der Waals surface area (Å²) >= 11 is 0. The molecule has 0 aliphatic heterocycles. The molecule has 0 fully saturated rings. The van der Waals surface area contributed by atoms with E-state index in [2.05, 4.69) is 52.5 Å². The van der Waals surface area contributed by atoms with E-state index in [0.29, 0.717) is 12.8 Å². The van der Waals surface area contributed by atoms with Crippen LogP contribution in [-0.2, 0) is 28.8 Å². The smallest absolute Gasteiger partial charge is 0.245 e. The molecule has 70 heavy (non-hydrogen) atoms. The molecule has 0 saturated carbocycles. The highest BCUT2D eigenvalue weighted by Crippen LogP contribution is 2.42. The molecule has 1 aliphatic carbocycles. The minimum absolute atomic E-state index is 0.0378. The summed E-state index contributed by atoms with van der Waals surface area (Å²) in [4.78, 5) is 112. The highest BCUT2D eigenvalue weighted by atomic mass is 16.3. The lowest BCUT2D eigenvalue weighted by Gasteiger charge is -2.25. The molecule has 0 spiro atoms. The van der Waals surface area contributed by atoms with Gasteiger partial charge in [0.2, 0.25) is 47.0 Å². The number of benzene rings is 2. The standard InChI is InChI=1S/C42H64N16O12/c1-19(55-39(69)25(17-59)57-37(67)21(43)5-3-11-53-41(45)46)35(65)51-15-13-49-23-7-8-24(30-29(23)33(63)31-27(61)9-10-28(62)32(31)34(30)64)50-14-16-52-36(66)20(2)56-40(70)26(18-60)58-38(68)22(44)6-4-12-54-42(47)48/h7-10,19-22,25-26,49-50,59-62H,3-6,11-18,43-44H2,1-2H3,(H,51,65)(H,52,66)(H,55,69)(H,56,70)(H,57,67)(H,58,68)(H4,45,46,53)(H4,47,48,54)/t19-,20-,21-,22-,25-,26-/m0/s1. The maximum absolute atomic E-state index is 14.0. The normalized spacial score (nSPS) is 14.1. The van der Waals surface area contributed by atoms with Gasteiger partial charge < -0.3 is 97.4 Å². The molecule has 0 saturated heterocycles. The highest BCUT2D eigenvalue weighted by molar-refractivity contribution is 6.33. The second kappa shape index (κ2) is 27.2. The summed E-state index contributed by atoms with van der Waals surface area (Å²) in [5, 5.41) is 61.4. The molecule has 2 aromatic carbocycles. The van der Waals surface area contributed by atoms with Crippen molar-refractivity contribution in [3.05, 3.63) is 46.5 Å². The summed E-state index contributed by atoms with van der Waals surface area (Å²) < 4.78 is 0. The molecule has 0 radical (unpaired) electrons. The summed E-state index contributed by atoms with van der Waals surface area (Å²) in [5.41, 5.74) is 31.8. The summed E-state index contributed by atoms with van der Waals surface area (Å²) in [7, 11) is 0. The number of aromatic hydroxyl groups is 2. The number of guanidine groups is 2. The number of carbonyl (C=O) groups is 8. The molecule has 0 aromatic heterocycles. The quantitative estimate of drug-likeness (QED) is 0.0139. The number of carbonyl (C=O) groups excluding carboxylic acids is 8. The number of aliphatic imine (C=N–C) groups is 2. The molecule has 1 aliphatic rings. The first-order valence-corrected chi connectivity index (χ1v) is 22.0. The summed E-state index contributed by atoms with van der Waals surface area (Å²) in [5.74, 6) is -7.50. The number of hydrogen-bond donors (Lipinski definition) is 18. The molecule has 28 heteroatoms. The maximum atomic E-state index is 14.0. The van der Waals surface area contributed by atoms with Crippen LogP contribution in [0.25, 0.3) is 0 Å². The summed E-state index contributed by atoms with van der Waals surface area (Å²) in [6.07, 6.45) is 1.10. The molecular formula is C42H64N16O12. The zero-order valence-electron chi connectivity index (χ0n) is 38.7. The molecule has 0 bridgehead atoms. The Balaban J connectivity index is 1.61. The van der Waals surface area contributed by atoms with E-state index in [0.717, 1.165) is 12.1 Å². The first-order chi connectivity index (χ1) is 33.1. The zero-order valence-corrected chi connectivity index (χ0v) is 38.7. The molecule has 6 amide bonds. The molecule has 28 nitrogen and oxygen atoms in total. The lowest BCUT2D eigenvalue weighted by atomic mass is 9.81. The van der Waals surface area contributed by atoms with Gasteiger partial charge in [-0.1, -0.05) is 0 Å². The molecule has 384 valence electrons. The van der Waals surface area contributed by atoms with E-state index in [4.69, 9.17) is 34.4 Å². The van der Waals surface area contributed by atoms with Crippen LogP contribution in [0, 0.1) is 0 Å². The van der Waals surface area contributed by atoms with Gasteiger partial charge in [-0.25, -0.2) is 0 Å². The Hall–Kier alpha value is -7.82. The van der Waals surface area contributed by atoms with Crippen LogP contribution in [0.5, 0.6) is 11.5 Å². The largest absolute Gasteiger partial charge is 0.507 e. The predicted octanol–water partition coefficient (Wildman–Crippen LogP) is -6.35. The summed E-state index contributed by atoms with van der Waals surface area (Å²) in [6, 6.07) is -2.19. The molecule has 0 unspecified atom stereocenters. The van der Waals surface area contributed by atoms with Gasteiger partial charge in [-0.2, -0.15) is 0 Å². The van der Waals surface area contributed by atoms with E-state index < -0.39 is 119 Å². The van der Waals surface area contributed by atoms with Crippen LogP contribution in [-0.4, -0.2) is 168 Å². The average Bonchev–Trinajstić information content (AvgIpc) is 3.31. The van der Waals surface area contributed by atoms with Crippen LogP contribution in [0.3, 0.4) is 0 Å². The van der Waals surface area contributed by atoms with E-state index >= 15 is 0 Å². The Bertz CT molecular complexity index is 2150. The number of fused-ring (bicyclic) bond motifs is 2. The van der Waals surface area contributed by atoms with E-state index in [1.807, 2.05) is 0 Å². The van der Waals surface area contributed by atoms with Gasteiger partial charge in [0.05, 0.1) is 47.6 Å². The fraction of sp³-hybridized carbons (Fsp3) is 0.476. The Morgan fingerprint density at radius 1 is 0.529 bits per heavy atom. The fourth-order valence-electron chi connectivity index (χ4n) is 6.74. The highest BCUT2D eigenvalue weighted by Gasteiger charge is 2.38. The van der Waals surface area contributed by atoms with E-state index in [-0.39, 0.29) is 86.5 Å². The van der Waals surface area contributed by atoms with Gasteiger partial charge in [-0.05, 0) is 63.8 Å². The monoisotopic (exact) mass is 984 g/mol. The zero-order chi connectivity index (χ0) is 52.2. The third-order valence-corrected chi connectivity index (χ3v) is 10.5. The minimum Gasteiger partial charge on any atom is -0.507 e. The number of hydrogen-bond acceptors (Lipinski definition) is 18. The molecule has 6 atom stereocenters.